The summed E-state index contributed by atoms with van der Waals surface area (Å²) in [5.74, 6) is -0.233. The summed E-state index contributed by atoms with van der Waals surface area (Å²) >= 11 is 0. The molecule has 0 radical (unpaired) electrons. The highest BCUT2D eigenvalue weighted by Crippen LogP contribution is 2.30. The van der Waals surface area contributed by atoms with Gasteiger partial charge in [0.15, 0.2) is 0 Å². The van der Waals surface area contributed by atoms with Gasteiger partial charge in [-0.05, 0) is 18.6 Å². The predicted octanol–water partition coefficient (Wildman–Crippen LogP) is 3.16. The van der Waals surface area contributed by atoms with E-state index in [4.69, 9.17) is 0 Å². The van der Waals surface area contributed by atoms with Crippen molar-refractivity contribution in [2.24, 2.45) is 0 Å². The maximum atomic E-state index is 12.7. The van der Waals surface area contributed by atoms with E-state index in [-0.39, 0.29) is 18.4 Å². The first-order chi connectivity index (χ1) is 11.6. The number of hydrogen-bond acceptors (Lipinski definition) is 2. The Morgan fingerprint density at radius 3 is 2.29 bits per heavy atom. The molecule has 0 unspecified atom stereocenters. The van der Waals surface area contributed by atoms with Crippen LogP contribution < -0.4 is 0 Å². The first-order valence-electron chi connectivity index (χ1n) is 8.03. The number of hydrogen-bond donors (Lipinski definition) is 0. The fourth-order valence-electron chi connectivity index (χ4n) is 2.92. The summed E-state index contributed by atoms with van der Waals surface area (Å²) in [6.45, 7) is 7.08. The molecule has 2 aromatic rings. The summed E-state index contributed by atoms with van der Waals surface area (Å²) in [4.78, 5) is 28.4. The van der Waals surface area contributed by atoms with Gasteiger partial charge in [-0.15, -0.1) is 0 Å². The Kier molecular flexibility index (Phi) is 4.47. The van der Waals surface area contributed by atoms with Crippen molar-refractivity contribution < 1.29 is 9.59 Å². The maximum absolute atomic E-state index is 12.7. The number of fused-ring (bicyclic) bond motifs is 1. The van der Waals surface area contributed by atoms with Gasteiger partial charge in [0.05, 0.1) is 0 Å². The summed E-state index contributed by atoms with van der Waals surface area (Å²) < 4.78 is 0. The molecule has 0 spiro atoms. The Labute approximate surface area is 142 Å². The van der Waals surface area contributed by atoms with Gasteiger partial charge >= 0.3 is 0 Å². The molecule has 1 heterocycles. The summed E-state index contributed by atoms with van der Waals surface area (Å²) in [6, 6.07) is 17.2. The van der Waals surface area contributed by atoms with E-state index >= 15 is 0 Å². The van der Waals surface area contributed by atoms with Crippen molar-refractivity contribution in [1.82, 2.24) is 9.80 Å². The van der Waals surface area contributed by atoms with Crippen LogP contribution in [0.25, 0.3) is 5.70 Å². The third-order valence-corrected chi connectivity index (χ3v) is 4.28. The van der Waals surface area contributed by atoms with Gasteiger partial charge in [-0.2, -0.15) is 0 Å². The van der Waals surface area contributed by atoms with Gasteiger partial charge in [-0.3, -0.25) is 14.5 Å². The van der Waals surface area contributed by atoms with Gasteiger partial charge in [0, 0.05) is 29.9 Å². The highest BCUT2D eigenvalue weighted by Gasteiger charge is 2.32. The molecule has 1 aliphatic rings. The van der Waals surface area contributed by atoms with Crippen LogP contribution in [-0.4, -0.2) is 34.7 Å². The molecule has 3 rings (SSSR count). The number of benzene rings is 2. The van der Waals surface area contributed by atoms with Crippen LogP contribution in [0.15, 0.2) is 61.2 Å². The van der Waals surface area contributed by atoms with E-state index in [1.165, 1.54) is 4.90 Å². The van der Waals surface area contributed by atoms with Gasteiger partial charge in [-0.25, -0.2) is 0 Å². The van der Waals surface area contributed by atoms with Crippen LogP contribution in [-0.2, 0) is 11.3 Å². The average Bonchev–Trinajstić information content (AvgIpc) is 2.86. The van der Waals surface area contributed by atoms with E-state index in [2.05, 4.69) is 6.58 Å². The van der Waals surface area contributed by atoms with Crippen LogP contribution in [0, 0.1) is 0 Å². The molecular formula is C20H20N2O2. The maximum Gasteiger partial charge on any atom is 0.259 e. The van der Waals surface area contributed by atoms with Crippen molar-refractivity contribution in [1.29, 1.82) is 0 Å². The van der Waals surface area contributed by atoms with Crippen LogP contribution >= 0.6 is 0 Å². The first-order valence-corrected chi connectivity index (χ1v) is 8.03. The fraction of sp³-hybridized carbons (Fsp3) is 0.200. The number of carbonyl (C=O) groups is 2. The zero-order chi connectivity index (χ0) is 17.1. The molecule has 2 amide bonds. The molecule has 0 N–H and O–H groups in total. The normalized spacial score (nSPS) is 13.1. The van der Waals surface area contributed by atoms with Gasteiger partial charge in [0.2, 0.25) is 5.91 Å². The number of nitrogens with zero attached hydrogens (tertiary/aromatic N) is 2. The Balaban J connectivity index is 1.72. The monoisotopic (exact) mass is 320 g/mol. The molecule has 0 saturated heterocycles. The van der Waals surface area contributed by atoms with Crippen LogP contribution in [0.4, 0.5) is 0 Å². The molecule has 0 fully saturated rings. The molecule has 0 aromatic heterocycles. The third kappa shape index (κ3) is 2.95. The second kappa shape index (κ2) is 6.71. The molecule has 0 aliphatic carbocycles. The van der Waals surface area contributed by atoms with E-state index in [0.717, 1.165) is 11.1 Å². The Hall–Kier alpha value is -2.88. The van der Waals surface area contributed by atoms with Crippen molar-refractivity contribution >= 4 is 17.5 Å². The van der Waals surface area contributed by atoms with Crippen LogP contribution in [0.2, 0.25) is 0 Å². The number of rotatable bonds is 5. The largest absolute Gasteiger partial charge is 0.337 e. The van der Waals surface area contributed by atoms with Gasteiger partial charge in [0.1, 0.15) is 6.54 Å². The number of likely N-dealkylation sites (N-methyl/N-ethyl adjacent to an activating group) is 1. The summed E-state index contributed by atoms with van der Waals surface area (Å²) in [5.41, 5.74) is 3.09. The van der Waals surface area contributed by atoms with Gasteiger partial charge < -0.3 is 4.90 Å². The second-order valence-corrected chi connectivity index (χ2v) is 5.78. The SMILES string of the molecule is C=C1c2ccccc2C(=O)N1CC(=O)N(CC)Cc1ccccc1. The number of amides is 2. The van der Waals surface area contributed by atoms with Crippen molar-refractivity contribution in [3.63, 3.8) is 0 Å². The Bertz CT molecular complexity index is 748. The molecule has 0 saturated carbocycles. The average molecular weight is 320 g/mol. The van der Waals surface area contributed by atoms with Crippen LogP contribution in [0.1, 0.15) is 28.4 Å². The minimum absolute atomic E-state index is 0.0209. The highest BCUT2D eigenvalue weighted by molar-refractivity contribution is 6.10. The van der Waals surface area contributed by atoms with Crippen LogP contribution in [0.5, 0.6) is 0 Å². The zero-order valence-corrected chi connectivity index (χ0v) is 13.7. The minimum Gasteiger partial charge on any atom is -0.337 e. The zero-order valence-electron chi connectivity index (χ0n) is 13.7. The lowest BCUT2D eigenvalue weighted by Crippen LogP contribution is -2.39. The summed E-state index contributed by atoms with van der Waals surface area (Å²) in [7, 11) is 0. The smallest absolute Gasteiger partial charge is 0.259 e. The van der Waals surface area contributed by atoms with Gasteiger partial charge in [0.25, 0.3) is 5.91 Å². The predicted molar refractivity (Wildman–Crippen MR) is 94.0 cm³/mol. The van der Waals surface area contributed by atoms with Crippen LogP contribution in [0.3, 0.4) is 0 Å². The molecule has 4 heteroatoms. The third-order valence-electron chi connectivity index (χ3n) is 4.28. The first kappa shape index (κ1) is 16.0. The van der Waals surface area contributed by atoms with E-state index in [1.54, 1.807) is 11.0 Å². The fourth-order valence-corrected chi connectivity index (χ4v) is 2.92. The molecule has 1 aliphatic heterocycles. The highest BCUT2D eigenvalue weighted by atomic mass is 16.2. The van der Waals surface area contributed by atoms with Gasteiger partial charge in [-0.1, -0.05) is 55.1 Å². The topological polar surface area (TPSA) is 40.6 Å². The number of carbonyl (C=O) groups excluding carboxylic acids is 2. The minimum atomic E-state index is -0.153. The van der Waals surface area contributed by atoms with Crippen molar-refractivity contribution in [3.05, 3.63) is 77.9 Å². The lowest BCUT2D eigenvalue weighted by molar-refractivity contribution is -0.131. The summed E-state index contributed by atoms with van der Waals surface area (Å²) in [5, 5.41) is 0. The van der Waals surface area contributed by atoms with E-state index < -0.39 is 0 Å². The molecular weight excluding hydrogens is 300 g/mol. The van der Waals surface area contributed by atoms with Crippen molar-refractivity contribution in [2.75, 3.05) is 13.1 Å². The van der Waals surface area contributed by atoms with E-state index in [9.17, 15) is 9.59 Å². The molecule has 24 heavy (non-hydrogen) atoms. The molecule has 0 atom stereocenters. The second-order valence-electron chi connectivity index (χ2n) is 5.78. The standard InChI is InChI=1S/C20H20N2O2/c1-3-21(13-16-9-5-4-6-10-16)19(23)14-22-15(2)17-11-7-8-12-18(17)20(22)24/h4-12H,2-3,13-14H2,1H3. The molecule has 4 nitrogen and oxygen atoms in total. The van der Waals surface area contributed by atoms with Crippen molar-refractivity contribution in [3.8, 4) is 0 Å². The lowest BCUT2D eigenvalue weighted by atomic mass is 10.1. The molecule has 0 bridgehead atoms. The quantitative estimate of drug-likeness (QED) is 0.849. The summed E-state index contributed by atoms with van der Waals surface area (Å²) in [6.07, 6.45) is 0. The Morgan fingerprint density at radius 2 is 1.67 bits per heavy atom. The Morgan fingerprint density at radius 1 is 1.04 bits per heavy atom. The van der Waals surface area contributed by atoms with Crippen molar-refractivity contribution in [2.45, 2.75) is 13.5 Å². The van der Waals surface area contributed by atoms with E-state index in [0.29, 0.717) is 24.4 Å². The molecule has 2 aromatic carbocycles. The van der Waals surface area contributed by atoms with E-state index in [1.807, 2.05) is 55.5 Å². The lowest BCUT2D eigenvalue weighted by Gasteiger charge is -2.25. The molecule has 122 valence electrons.